The van der Waals surface area contributed by atoms with Gasteiger partial charge in [0.05, 0.1) is 0 Å². The van der Waals surface area contributed by atoms with Gasteiger partial charge in [-0.3, -0.25) is 4.79 Å². The minimum Gasteiger partial charge on any atom is -0.429 e. The summed E-state index contributed by atoms with van der Waals surface area (Å²) in [6, 6.07) is 0. The minimum absolute atomic E-state index is 0.0214. The molecular formula is C23H40O4. The standard InChI is InChI=1S/C23H40O4/c1-10-15(2)19(14-22(4,5)6)17-11-12-20(18(13-17)16(3)24)26-21(25)27-23(7,8)9/h13,15,17,19-20H,10-12,14H2,1-9H3. The molecular weight excluding hydrogens is 340 g/mol. The van der Waals surface area contributed by atoms with Gasteiger partial charge in [-0.15, -0.1) is 0 Å². The highest BCUT2D eigenvalue weighted by Gasteiger charge is 2.36. The van der Waals surface area contributed by atoms with Gasteiger partial charge in [-0.25, -0.2) is 4.79 Å². The molecule has 4 unspecified atom stereocenters. The van der Waals surface area contributed by atoms with E-state index in [-0.39, 0.29) is 11.2 Å². The largest absolute Gasteiger partial charge is 0.509 e. The lowest BCUT2D eigenvalue weighted by Crippen LogP contribution is -2.34. The van der Waals surface area contributed by atoms with E-state index in [1.54, 1.807) is 27.7 Å². The maximum absolute atomic E-state index is 12.3. The van der Waals surface area contributed by atoms with E-state index in [1.165, 1.54) is 0 Å². The molecule has 0 aliphatic heterocycles. The molecule has 156 valence electrons. The Kier molecular flexibility index (Phi) is 8.13. The van der Waals surface area contributed by atoms with Crippen molar-refractivity contribution in [1.82, 2.24) is 0 Å². The van der Waals surface area contributed by atoms with E-state index in [0.29, 0.717) is 29.7 Å². The van der Waals surface area contributed by atoms with Crippen molar-refractivity contribution in [2.24, 2.45) is 23.2 Å². The average Bonchev–Trinajstić information content (AvgIpc) is 2.49. The van der Waals surface area contributed by atoms with Gasteiger partial charge in [-0.05, 0) is 70.1 Å². The molecule has 4 heteroatoms. The Morgan fingerprint density at radius 1 is 1.15 bits per heavy atom. The van der Waals surface area contributed by atoms with Crippen molar-refractivity contribution in [3.63, 3.8) is 0 Å². The van der Waals surface area contributed by atoms with Crippen LogP contribution in [0, 0.1) is 23.2 Å². The van der Waals surface area contributed by atoms with Crippen molar-refractivity contribution in [2.45, 2.75) is 99.7 Å². The lowest BCUT2D eigenvalue weighted by molar-refractivity contribution is -0.115. The summed E-state index contributed by atoms with van der Waals surface area (Å²) in [7, 11) is 0. The number of carbonyl (C=O) groups excluding carboxylic acids is 2. The number of carbonyl (C=O) groups is 2. The molecule has 0 saturated heterocycles. The van der Waals surface area contributed by atoms with Gasteiger partial charge in [0, 0.05) is 5.57 Å². The highest BCUT2D eigenvalue weighted by molar-refractivity contribution is 5.94. The summed E-state index contributed by atoms with van der Waals surface area (Å²) < 4.78 is 10.8. The quantitative estimate of drug-likeness (QED) is 0.505. The van der Waals surface area contributed by atoms with Gasteiger partial charge in [-0.1, -0.05) is 47.1 Å². The summed E-state index contributed by atoms with van der Waals surface area (Å²) in [5, 5.41) is 0. The molecule has 0 aromatic heterocycles. The fourth-order valence-corrected chi connectivity index (χ4v) is 3.90. The third-order valence-corrected chi connectivity index (χ3v) is 5.31. The molecule has 1 aliphatic carbocycles. The van der Waals surface area contributed by atoms with Crippen molar-refractivity contribution in [3.05, 3.63) is 11.6 Å². The molecule has 4 atom stereocenters. The van der Waals surface area contributed by atoms with E-state index in [2.05, 4.69) is 40.7 Å². The number of ketones is 1. The van der Waals surface area contributed by atoms with Crippen molar-refractivity contribution in [1.29, 1.82) is 0 Å². The van der Waals surface area contributed by atoms with Crippen LogP contribution in [0.3, 0.4) is 0 Å². The van der Waals surface area contributed by atoms with Crippen LogP contribution in [-0.2, 0) is 14.3 Å². The first-order chi connectivity index (χ1) is 12.2. The van der Waals surface area contributed by atoms with Crippen LogP contribution in [0.4, 0.5) is 4.79 Å². The number of rotatable bonds is 6. The van der Waals surface area contributed by atoms with Crippen molar-refractivity contribution in [2.75, 3.05) is 0 Å². The third-order valence-electron chi connectivity index (χ3n) is 5.31. The zero-order valence-corrected chi connectivity index (χ0v) is 18.8. The second-order valence-corrected chi connectivity index (χ2v) is 10.3. The first kappa shape index (κ1) is 23.7. The van der Waals surface area contributed by atoms with Gasteiger partial charge in [0.25, 0.3) is 0 Å². The van der Waals surface area contributed by atoms with Gasteiger partial charge >= 0.3 is 6.16 Å². The van der Waals surface area contributed by atoms with E-state index in [9.17, 15) is 9.59 Å². The minimum atomic E-state index is -0.703. The molecule has 0 aromatic rings. The van der Waals surface area contributed by atoms with Gasteiger partial charge in [-0.2, -0.15) is 0 Å². The van der Waals surface area contributed by atoms with E-state index >= 15 is 0 Å². The van der Waals surface area contributed by atoms with Crippen LogP contribution >= 0.6 is 0 Å². The Balaban J connectivity index is 3.02. The lowest BCUT2D eigenvalue weighted by Gasteiger charge is -2.38. The van der Waals surface area contributed by atoms with Crippen molar-refractivity contribution >= 4 is 11.9 Å². The van der Waals surface area contributed by atoms with Crippen LogP contribution in [0.15, 0.2) is 11.6 Å². The van der Waals surface area contributed by atoms with Crippen molar-refractivity contribution < 1.29 is 19.1 Å². The average molecular weight is 381 g/mol. The molecule has 0 saturated carbocycles. The van der Waals surface area contributed by atoms with Crippen LogP contribution in [-0.4, -0.2) is 23.6 Å². The molecule has 4 nitrogen and oxygen atoms in total. The predicted molar refractivity (Wildman–Crippen MR) is 110 cm³/mol. The molecule has 27 heavy (non-hydrogen) atoms. The normalized spacial score (nSPS) is 23.2. The Hall–Kier alpha value is -1.32. The van der Waals surface area contributed by atoms with E-state index in [4.69, 9.17) is 9.47 Å². The van der Waals surface area contributed by atoms with E-state index in [0.717, 1.165) is 19.3 Å². The second-order valence-electron chi connectivity index (χ2n) is 10.3. The SMILES string of the molecule is CCC(C)C(CC(C)(C)C)C1C=C(C(C)=O)C(OC(=O)OC(C)(C)C)CC1. The zero-order valence-electron chi connectivity index (χ0n) is 18.8. The van der Waals surface area contributed by atoms with Crippen LogP contribution in [0.2, 0.25) is 0 Å². The van der Waals surface area contributed by atoms with Gasteiger partial charge in [0.1, 0.15) is 11.7 Å². The molecule has 0 radical (unpaired) electrons. The molecule has 0 spiro atoms. The molecule has 0 heterocycles. The summed E-state index contributed by atoms with van der Waals surface area (Å²) in [5.41, 5.74) is 0.254. The molecule has 0 fully saturated rings. The molecule has 1 aliphatic rings. The van der Waals surface area contributed by atoms with E-state index in [1.807, 2.05) is 0 Å². The highest BCUT2D eigenvalue weighted by atomic mass is 16.7. The van der Waals surface area contributed by atoms with Crippen LogP contribution in [0.5, 0.6) is 0 Å². The fourth-order valence-electron chi connectivity index (χ4n) is 3.90. The van der Waals surface area contributed by atoms with Crippen LogP contribution < -0.4 is 0 Å². The Morgan fingerprint density at radius 2 is 1.74 bits per heavy atom. The number of allylic oxidation sites excluding steroid dienone is 1. The maximum atomic E-state index is 12.3. The Bertz CT molecular complexity index is 548. The summed E-state index contributed by atoms with van der Waals surface area (Å²) in [6.45, 7) is 18.3. The van der Waals surface area contributed by atoms with Gasteiger partial charge < -0.3 is 9.47 Å². The topological polar surface area (TPSA) is 52.6 Å². The third kappa shape index (κ3) is 8.06. The summed E-state index contributed by atoms with van der Waals surface area (Å²) in [6.07, 6.45) is 4.72. The number of hydrogen-bond donors (Lipinski definition) is 0. The number of ether oxygens (including phenoxy) is 2. The second kappa shape index (κ2) is 9.25. The first-order valence-corrected chi connectivity index (χ1v) is 10.4. The van der Waals surface area contributed by atoms with Gasteiger partial charge in [0.15, 0.2) is 5.78 Å². The summed E-state index contributed by atoms with van der Waals surface area (Å²) >= 11 is 0. The lowest BCUT2D eigenvalue weighted by atomic mass is 9.68. The van der Waals surface area contributed by atoms with Crippen LogP contribution in [0.1, 0.15) is 88.0 Å². The monoisotopic (exact) mass is 380 g/mol. The smallest absolute Gasteiger partial charge is 0.429 e. The molecule has 0 aromatic carbocycles. The zero-order chi connectivity index (χ0) is 21.0. The summed E-state index contributed by atoms with van der Waals surface area (Å²) in [5.74, 6) is 1.43. The number of hydrogen-bond acceptors (Lipinski definition) is 4. The Morgan fingerprint density at radius 3 is 2.19 bits per heavy atom. The molecule has 0 bridgehead atoms. The number of Topliss-reactive ketones (excluding diaryl/α,β-unsaturated/α-hetero) is 1. The molecule has 0 amide bonds. The Labute approximate surface area is 166 Å². The summed E-state index contributed by atoms with van der Waals surface area (Å²) in [4.78, 5) is 24.3. The van der Waals surface area contributed by atoms with E-state index < -0.39 is 17.9 Å². The molecule has 0 N–H and O–H groups in total. The first-order valence-electron chi connectivity index (χ1n) is 10.4. The maximum Gasteiger partial charge on any atom is 0.509 e. The predicted octanol–water partition coefficient (Wildman–Crippen LogP) is 6.33. The van der Waals surface area contributed by atoms with Crippen LogP contribution in [0.25, 0.3) is 0 Å². The van der Waals surface area contributed by atoms with Gasteiger partial charge in [0.2, 0.25) is 0 Å². The highest BCUT2D eigenvalue weighted by Crippen LogP contribution is 2.41. The van der Waals surface area contributed by atoms with Crippen molar-refractivity contribution in [3.8, 4) is 0 Å². The molecule has 1 rings (SSSR count). The fraction of sp³-hybridized carbons (Fsp3) is 0.826.